The Labute approximate surface area is 152 Å². The maximum atomic E-state index is 12.3. The number of anilines is 1. The number of carbonyl (C=O) groups excluding carboxylic acids is 2. The van der Waals surface area contributed by atoms with Crippen molar-refractivity contribution in [1.29, 1.82) is 0 Å². The number of hydrogen-bond donors (Lipinski definition) is 1. The Kier molecular flexibility index (Phi) is 4.85. The molecule has 1 aliphatic rings. The summed E-state index contributed by atoms with van der Waals surface area (Å²) >= 11 is 17.7. The molecule has 0 fully saturated rings. The molecule has 1 aliphatic heterocycles. The highest BCUT2D eigenvalue weighted by atomic mass is 35.5. The topological polar surface area (TPSA) is 64.6 Å². The number of ether oxygens (including phenoxy) is 2. The number of ketones is 1. The third kappa shape index (κ3) is 3.59. The number of hydrogen-bond acceptors (Lipinski definition) is 4. The van der Waals surface area contributed by atoms with Gasteiger partial charge in [-0.25, -0.2) is 0 Å². The fraction of sp³-hybridized carbons (Fsp3) is 0.125. The Bertz CT molecular complexity index is 838. The minimum atomic E-state index is -0.292. The van der Waals surface area contributed by atoms with Gasteiger partial charge in [-0.3, -0.25) is 9.59 Å². The van der Waals surface area contributed by atoms with E-state index in [0.717, 1.165) is 0 Å². The fourth-order valence-electron chi connectivity index (χ4n) is 2.10. The zero-order chi connectivity index (χ0) is 17.3. The first-order valence-corrected chi connectivity index (χ1v) is 7.94. The lowest BCUT2D eigenvalue weighted by molar-refractivity contribution is -0.118. The summed E-state index contributed by atoms with van der Waals surface area (Å²) in [5.74, 6) is 0.208. The standard InChI is InChI=1S/C16H10Cl3NO4/c17-9-4-11(19)15(5-10(9)18)23-6-13(21)8-1-2-14-12(3-8)20-16(22)7-24-14/h1-5H,6-7H2,(H,20,22). The van der Waals surface area contributed by atoms with Crippen LogP contribution in [-0.2, 0) is 4.79 Å². The van der Waals surface area contributed by atoms with E-state index in [0.29, 0.717) is 22.0 Å². The van der Waals surface area contributed by atoms with Gasteiger partial charge in [0, 0.05) is 11.6 Å². The molecule has 8 heteroatoms. The number of amides is 1. The van der Waals surface area contributed by atoms with Crippen LogP contribution in [-0.4, -0.2) is 24.9 Å². The van der Waals surface area contributed by atoms with E-state index in [1.807, 2.05) is 0 Å². The number of nitrogens with one attached hydrogen (secondary N) is 1. The van der Waals surface area contributed by atoms with Crippen LogP contribution in [0.15, 0.2) is 30.3 Å². The van der Waals surface area contributed by atoms with E-state index in [2.05, 4.69) is 5.32 Å². The van der Waals surface area contributed by atoms with E-state index in [9.17, 15) is 9.59 Å². The smallest absolute Gasteiger partial charge is 0.262 e. The molecule has 0 atom stereocenters. The van der Waals surface area contributed by atoms with Crippen molar-refractivity contribution in [3.63, 3.8) is 0 Å². The van der Waals surface area contributed by atoms with Crippen molar-refractivity contribution in [2.45, 2.75) is 0 Å². The molecule has 3 rings (SSSR count). The van der Waals surface area contributed by atoms with E-state index in [-0.39, 0.29) is 40.7 Å². The summed E-state index contributed by atoms with van der Waals surface area (Å²) in [5.41, 5.74) is 0.820. The van der Waals surface area contributed by atoms with Crippen molar-refractivity contribution < 1.29 is 19.1 Å². The predicted octanol–water partition coefficient (Wildman–Crippen LogP) is 4.24. The van der Waals surface area contributed by atoms with E-state index in [1.54, 1.807) is 12.1 Å². The van der Waals surface area contributed by atoms with E-state index >= 15 is 0 Å². The number of fused-ring (bicyclic) bond motifs is 1. The molecule has 0 aromatic heterocycles. The van der Waals surface area contributed by atoms with Crippen molar-refractivity contribution >= 4 is 52.2 Å². The third-order valence-electron chi connectivity index (χ3n) is 3.27. The molecule has 1 amide bonds. The Balaban J connectivity index is 1.73. The number of halogens is 3. The summed E-state index contributed by atoms with van der Waals surface area (Å²) in [7, 11) is 0. The maximum absolute atomic E-state index is 12.3. The molecular weight excluding hydrogens is 377 g/mol. The van der Waals surface area contributed by atoms with Gasteiger partial charge < -0.3 is 14.8 Å². The highest BCUT2D eigenvalue weighted by Crippen LogP contribution is 2.34. The van der Waals surface area contributed by atoms with Crippen LogP contribution in [0.3, 0.4) is 0 Å². The van der Waals surface area contributed by atoms with Crippen LogP contribution < -0.4 is 14.8 Å². The van der Waals surface area contributed by atoms with Crippen molar-refractivity contribution in [3.05, 3.63) is 51.0 Å². The summed E-state index contributed by atoms with van der Waals surface area (Å²) in [6.07, 6.45) is 0. The number of Topliss-reactive ketones (excluding diaryl/α,β-unsaturated/α-hetero) is 1. The minimum Gasteiger partial charge on any atom is -0.484 e. The van der Waals surface area contributed by atoms with Gasteiger partial charge in [-0.2, -0.15) is 0 Å². The molecule has 0 saturated heterocycles. The molecule has 24 heavy (non-hydrogen) atoms. The second-order valence-corrected chi connectivity index (χ2v) is 6.18. The summed E-state index contributed by atoms with van der Waals surface area (Å²) in [5, 5.41) is 3.47. The van der Waals surface area contributed by atoms with Gasteiger partial charge in [0.25, 0.3) is 5.91 Å². The van der Waals surface area contributed by atoms with Gasteiger partial charge in [-0.1, -0.05) is 34.8 Å². The molecule has 1 heterocycles. The summed E-state index contributed by atoms with van der Waals surface area (Å²) < 4.78 is 10.7. The highest BCUT2D eigenvalue weighted by molar-refractivity contribution is 6.43. The lowest BCUT2D eigenvalue weighted by atomic mass is 10.1. The molecule has 0 bridgehead atoms. The fourth-order valence-corrected chi connectivity index (χ4v) is 2.69. The van der Waals surface area contributed by atoms with E-state index in [4.69, 9.17) is 44.3 Å². The molecule has 0 radical (unpaired) electrons. The first kappa shape index (κ1) is 16.9. The van der Waals surface area contributed by atoms with Crippen LogP contribution >= 0.6 is 34.8 Å². The van der Waals surface area contributed by atoms with Gasteiger partial charge in [0.1, 0.15) is 11.5 Å². The van der Waals surface area contributed by atoms with Crippen molar-refractivity contribution in [2.24, 2.45) is 0 Å². The van der Waals surface area contributed by atoms with Crippen LogP contribution in [0.25, 0.3) is 0 Å². The van der Waals surface area contributed by atoms with Crippen LogP contribution in [0.5, 0.6) is 11.5 Å². The Morgan fingerprint density at radius 2 is 1.88 bits per heavy atom. The number of carbonyl (C=O) groups is 2. The first-order chi connectivity index (χ1) is 11.4. The molecule has 124 valence electrons. The predicted molar refractivity (Wildman–Crippen MR) is 91.9 cm³/mol. The van der Waals surface area contributed by atoms with E-state index in [1.165, 1.54) is 18.2 Å². The lowest BCUT2D eigenvalue weighted by Gasteiger charge is -2.18. The molecule has 5 nitrogen and oxygen atoms in total. The number of benzene rings is 2. The monoisotopic (exact) mass is 385 g/mol. The van der Waals surface area contributed by atoms with Gasteiger partial charge in [-0.15, -0.1) is 0 Å². The average Bonchev–Trinajstić information content (AvgIpc) is 2.56. The molecule has 2 aromatic rings. The summed E-state index contributed by atoms with van der Waals surface area (Å²) in [6.45, 7) is -0.287. The van der Waals surface area contributed by atoms with Gasteiger partial charge >= 0.3 is 0 Å². The maximum Gasteiger partial charge on any atom is 0.262 e. The van der Waals surface area contributed by atoms with Crippen LogP contribution in [0, 0.1) is 0 Å². The molecule has 0 saturated carbocycles. The Morgan fingerprint density at radius 3 is 2.67 bits per heavy atom. The highest BCUT2D eigenvalue weighted by Gasteiger charge is 2.18. The van der Waals surface area contributed by atoms with Gasteiger partial charge in [0.2, 0.25) is 0 Å². The average molecular weight is 387 g/mol. The quantitative estimate of drug-likeness (QED) is 0.630. The van der Waals surface area contributed by atoms with Crippen molar-refractivity contribution in [2.75, 3.05) is 18.5 Å². The van der Waals surface area contributed by atoms with Gasteiger partial charge in [0.05, 0.1) is 20.8 Å². The Morgan fingerprint density at radius 1 is 1.12 bits per heavy atom. The summed E-state index contributed by atoms with van der Waals surface area (Å²) in [4.78, 5) is 23.6. The molecule has 2 aromatic carbocycles. The van der Waals surface area contributed by atoms with Crippen LogP contribution in [0.4, 0.5) is 5.69 Å². The molecular formula is C16H10Cl3NO4. The normalized spacial score (nSPS) is 12.9. The molecule has 0 aliphatic carbocycles. The molecule has 0 unspecified atom stereocenters. The molecule has 1 N–H and O–H groups in total. The second kappa shape index (κ2) is 6.89. The van der Waals surface area contributed by atoms with Crippen LogP contribution in [0.2, 0.25) is 15.1 Å². The number of rotatable bonds is 4. The second-order valence-electron chi connectivity index (χ2n) is 4.96. The van der Waals surface area contributed by atoms with Gasteiger partial charge in [0.15, 0.2) is 19.0 Å². The zero-order valence-corrected chi connectivity index (χ0v) is 14.3. The Hall–Kier alpha value is -1.95. The summed E-state index contributed by atoms with van der Waals surface area (Å²) in [6, 6.07) is 7.64. The van der Waals surface area contributed by atoms with E-state index < -0.39 is 0 Å². The van der Waals surface area contributed by atoms with Gasteiger partial charge in [-0.05, 0) is 24.3 Å². The van der Waals surface area contributed by atoms with Crippen LogP contribution in [0.1, 0.15) is 10.4 Å². The lowest BCUT2D eigenvalue weighted by Crippen LogP contribution is -2.25. The minimum absolute atomic E-state index is 0.0424. The first-order valence-electron chi connectivity index (χ1n) is 6.81. The van der Waals surface area contributed by atoms with Crippen molar-refractivity contribution in [3.8, 4) is 11.5 Å². The van der Waals surface area contributed by atoms with Crippen molar-refractivity contribution in [1.82, 2.24) is 0 Å². The zero-order valence-electron chi connectivity index (χ0n) is 12.1. The SMILES string of the molecule is O=C1COc2ccc(C(=O)COc3cc(Cl)c(Cl)cc3Cl)cc2N1. The third-order valence-corrected chi connectivity index (χ3v) is 4.29. The largest absolute Gasteiger partial charge is 0.484 e. The molecule has 0 spiro atoms.